The van der Waals surface area contributed by atoms with Gasteiger partial charge in [0.05, 0.1) is 24.6 Å². The Labute approximate surface area is 139 Å². The van der Waals surface area contributed by atoms with Crippen LogP contribution in [0.15, 0.2) is 30.6 Å². The predicted octanol–water partition coefficient (Wildman–Crippen LogP) is 3.46. The second kappa shape index (κ2) is 6.86. The summed E-state index contributed by atoms with van der Waals surface area (Å²) in [6.07, 6.45) is 5.47. The number of hydrogen-bond acceptors (Lipinski definition) is 4. The molecule has 1 aliphatic rings. The van der Waals surface area contributed by atoms with Gasteiger partial charge in [-0.1, -0.05) is 6.07 Å². The molecule has 0 fully saturated rings. The van der Waals surface area contributed by atoms with Crippen LogP contribution in [0.2, 0.25) is 0 Å². The maximum atomic E-state index is 14.4. The summed E-state index contributed by atoms with van der Waals surface area (Å²) in [7, 11) is 1.46. The number of aromatic carboxylic acids is 1. The second-order valence-electron chi connectivity index (χ2n) is 5.85. The molecule has 126 valence electrons. The van der Waals surface area contributed by atoms with E-state index in [-0.39, 0.29) is 23.0 Å². The smallest absolute Gasteiger partial charge is 0.337 e. The minimum Gasteiger partial charge on any atom is -0.494 e. The summed E-state index contributed by atoms with van der Waals surface area (Å²) in [5.74, 6) is -0.897. The minimum absolute atomic E-state index is 0.121. The van der Waals surface area contributed by atoms with Crippen molar-refractivity contribution in [3.63, 3.8) is 0 Å². The molecule has 2 N–H and O–H groups in total. The van der Waals surface area contributed by atoms with Gasteiger partial charge in [-0.15, -0.1) is 0 Å². The topological polar surface area (TPSA) is 71.5 Å². The molecule has 0 aliphatic heterocycles. The molecule has 0 spiro atoms. The fourth-order valence-corrected chi connectivity index (χ4v) is 3.26. The Hall–Kier alpha value is -2.63. The highest BCUT2D eigenvalue weighted by atomic mass is 19.1. The van der Waals surface area contributed by atoms with E-state index in [4.69, 9.17) is 4.74 Å². The molecule has 0 saturated carbocycles. The van der Waals surface area contributed by atoms with Crippen molar-refractivity contribution in [3.05, 3.63) is 53.1 Å². The highest BCUT2D eigenvalue weighted by Crippen LogP contribution is 2.36. The van der Waals surface area contributed by atoms with Gasteiger partial charge in [-0.3, -0.25) is 4.98 Å². The molecule has 1 aromatic carbocycles. The summed E-state index contributed by atoms with van der Waals surface area (Å²) >= 11 is 0. The van der Waals surface area contributed by atoms with Crippen LogP contribution in [0, 0.1) is 5.82 Å². The summed E-state index contributed by atoms with van der Waals surface area (Å²) in [5.41, 5.74) is 2.33. The molecular formula is C18H19FN2O3. The van der Waals surface area contributed by atoms with E-state index in [2.05, 4.69) is 10.3 Å². The van der Waals surface area contributed by atoms with E-state index in [1.54, 1.807) is 6.07 Å². The van der Waals surface area contributed by atoms with Crippen molar-refractivity contribution in [1.29, 1.82) is 0 Å². The second-order valence-corrected chi connectivity index (χ2v) is 5.85. The number of nitrogens with one attached hydrogen (secondary N) is 1. The van der Waals surface area contributed by atoms with Crippen LogP contribution in [-0.2, 0) is 6.42 Å². The Morgan fingerprint density at radius 2 is 2.29 bits per heavy atom. The molecule has 0 radical (unpaired) electrons. The van der Waals surface area contributed by atoms with Crippen LogP contribution in [0.25, 0.3) is 0 Å². The lowest BCUT2D eigenvalue weighted by Gasteiger charge is -2.27. The lowest BCUT2D eigenvalue weighted by Crippen LogP contribution is -2.20. The molecule has 0 amide bonds. The molecule has 1 atom stereocenters. The number of carbonyl (C=O) groups is 1. The van der Waals surface area contributed by atoms with Crippen LogP contribution < -0.4 is 10.1 Å². The summed E-state index contributed by atoms with van der Waals surface area (Å²) in [6, 6.07) is 5.02. The minimum atomic E-state index is -1.00. The van der Waals surface area contributed by atoms with Gasteiger partial charge in [0.1, 0.15) is 0 Å². The van der Waals surface area contributed by atoms with Gasteiger partial charge < -0.3 is 15.2 Å². The summed E-state index contributed by atoms with van der Waals surface area (Å²) in [4.78, 5) is 15.2. The number of benzene rings is 1. The lowest BCUT2D eigenvalue weighted by molar-refractivity contribution is 0.0698. The van der Waals surface area contributed by atoms with E-state index in [1.807, 2.05) is 6.07 Å². The van der Waals surface area contributed by atoms with E-state index < -0.39 is 5.97 Å². The Morgan fingerprint density at radius 1 is 1.46 bits per heavy atom. The standard InChI is InChI=1S/C18H19FN2O3/c1-24-16-6-5-12-11(3-2-4-13(12)17(16)19)9-21-15-10-20-8-7-14(15)18(22)23/h5-8,10-11,21H,2-4,9H2,1H3,(H,22,23). The van der Waals surface area contributed by atoms with E-state index in [1.165, 1.54) is 25.6 Å². The zero-order chi connectivity index (χ0) is 17.1. The van der Waals surface area contributed by atoms with Crippen LogP contribution in [0.3, 0.4) is 0 Å². The highest BCUT2D eigenvalue weighted by molar-refractivity contribution is 5.93. The number of nitrogens with zero attached hydrogens (tertiary/aromatic N) is 1. The molecule has 0 saturated heterocycles. The number of carboxylic acid groups (broad SMARTS) is 1. The SMILES string of the molecule is COc1ccc2c(c1F)CCCC2CNc1cnccc1C(=O)O. The Balaban J connectivity index is 1.82. The molecule has 0 bridgehead atoms. The van der Waals surface area contributed by atoms with Gasteiger partial charge in [-0.2, -0.15) is 0 Å². The Bertz CT molecular complexity index is 764. The first-order valence-electron chi connectivity index (χ1n) is 7.88. The Morgan fingerprint density at radius 3 is 3.04 bits per heavy atom. The third kappa shape index (κ3) is 3.04. The van der Waals surface area contributed by atoms with Crippen LogP contribution in [-0.4, -0.2) is 29.7 Å². The number of fused-ring (bicyclic) bond motifs is 1. The number of ether oxygens (including phenoxy) is 1. The van der Waals surface area contributed by atoms with Crippen LogP contribution >= 0.6 is 0 Å². The normalized spacial score (nSPS) is 16.3. The van der Waals surface area contributed by atoms with Gasteiger partial charge in [0.2, 0.25) is 0 Å². The van der Waals surface area contributed by atoms with Gasteiger partial charge in [-0.05, 0) is 42.5 Å². The number of rotatable bonds is 5. The number of pyridine rings is 1. The van der Waals surface area contributed by atoms with Crippen molar-refractivity contribution in [2.24, 2.45) is 0 Å². The average molecular weight is 330 g/mol. The number of anilines is 1. The van der Waals surface area contributed by atoms with Crippen molar-refractivity contribution in [3.8, 4) is 5.75 Å². The average Bonchev–Trinajstić information content (AvgIpc) is 2.60. The monoisotopic (exact) mass is 330 g/mol. The van der Waals surface area contributed by atoms with Crippen LogP contribution in [0.4, 0.5) is 10.1 Å². The van der Waals surface area contributed by atoms with Gasteiger partial charge in [-0.25, -0.2) is 9.18 Å². The molecule has 5 nitrogen and oxygen atoms in total. The zero-order valence-electron chi connectivity index (χ0n) is 13.4. The molecule has 1 aliphatic carbocycles. The number of hydrogen-bond donors (Lipinski definition) is 2. The fraction of sp³-hybridized carbons (Fsp3) is 0.333. The van der Waals surface area contributed by atoms with E-state index in [0.717, 1.165) is 18.4 Å². The van der Waals surface area contributed by atoms with Crippen molar-refractivity contribution in [2.45, 2.75) is 25.2 Å². The number of carboxylic acids is 1. The largest absolute Gasteiger partial charge is 0.494 e. The quantitative estimate of drug-likeness (QED) is 0.878. The molecule has 1 heterocycles. The summed E-state index contributed by atoms with van der Waals surface area (Å²) in [5, 5.41) is 12.4. The first-order valence-corrected chi connectivity index (χ1v) is 7.88. The summed E-state index contributed by atoms with van der Waals surface area (Å²) in [6.45, 7) is 0.532. The molecular weight excluding hydrogens is 311 g/mol. The third-order valence-electron chi connectivity index (χ3n) is 4.47. The number of methoxy groups -OCH3 is 1. The molecule has 1 unspecified atom stereocenters. The molecule has 2 aromatic rings. The summed E-state index contributed by atoms with van der Waals surface area (Å²) < 4.78 is 19.5. The van der Waals surface area contributed by atoms with Crippen molar-refractivity contribution in [2.75, 3.05) is 19.0 Å². The number of aromatic nitrogens is 1. The van der Waals surface area contributed by atoms with E-state index in [9.17, 15) is 14.3 Å². The van der Waals surface area contributed by atoms with Gasteiger partial charge in [0.15, 0.2) is 11.6 Å². The fourth-order valence-electron chi connectivity index (χ4n) is 3.26. The zero-order valence-corrected chi connectivity index (χ0v) is 13.4. The van der Waals surface area contributed by atoms with Gasteiger partial charge in [0, 0.05) is 18.7 Å². The lowest BCUT2D eigenvalue weighted by atomic mass is 9.82. The van der Waals surface area contributed by atoms with Gasteiger partial charge >= 0.3 is 5.97 Å². The third-order valence-corrected chi connectivity index (χ3v) is 4.47. The predicted molar refractivity (Wildman–Crippen MR) is 88.3 cm³/mol. The maximum Gasteiger partial charge on any atom is 0.337 e. The molecule has 1 aromatic heterocycles. The Kier molecular flexibility index (Phi) is 4.64. The first kappa shape index (κ1) is 16.2. The van der Waals surface area contributed by atoms with Gasteiger partial charge in [0.25, 0.3) is 0 Å². The maximum absolute atomic E-state index is 14.4. The van der Waals surface area contributed by atoms with Crippen LogP contribution in [0.5, 0.6) is 5.75 Å². The van der Waals surface area contributed by atoms with Crippen molar-refractivity contribution in [1.82, 2.24) is 4.98 Å². The van der Waals surface area contributed by atoms with Crippen LogP contribution in [0.1, 0.15) is 40.2 Å². The molecule has 6 heteroatoms. The highest BCUT2D eigenvalue weighted by Gasteiger charge is 2.25. The van der Waals surface area contributed by atoms with E-state index >= 15 is 0 Å². The van der Waals surface area contributed by atoms with Crippen molar-refractivity contribution >= 4 is 11.7 Å². The first-order chi connectivity index (χ1) is 11.6. The molecule has 3 rings (SSSR count). The van der Waals surface area contributed by atoms with E-state index in [0.29, 0.717) is 24.2 Å². The molecule has 24 heavy (non-hydrogen) atoms. The van der Waals surface area contributed by atoms with Crippen molar-refractivity contribution < 1.29 is 19.0 Å². The number of halogens is 1.